The smallest absolute Gasteiger partial charge is 0.267 e. The molecule has 4 nitrogen and oxygen atoms in total. The highest BCUT2D eigenvalue weighted by molar-refractivity contribution is 5.52. The molecule has 0 aliphatic carbocycles. The highest BCUT2D eigenvalue weighted by Crippen LogP contribution is 1.64. The summed E-state index contributed by atoms with van der Waals surface area (Å²) in [6.45, 7) is 0. The molecule has 0 bridgehead atoms. The van der Waals surface area contributed by atoms with Crippen molar-refractivity contribution in [2.45, 2.75) is 0 Å². The van der Waals surface area contributed by atoms with Gasteiger partial charge in [-0.3, -0.25) is 4.79 Å². The molecule has 48 valence electrons. The maximum Gasteiger partial charge on any atom is 0.267 e. The summed E-state index contributed by atoms with van der Waals surface area (Å²) >= 11 is 0. The summed E-state index contributed by atoms with van der Waals surface area (Å²) in [6.07, 6.45) is 1.53. The molecule has 1 aromatic rings. The summed E-state index contributed by atoms with van der Waals surface area (Å²) in [5.41, 5.74) is -0.192. The molecule has 0 amide bonds. The van der Waals surface area contributed by atoms with E-state index in [-0.39, 0.29) is 5.56 Å². The predicted molar refractivity (Wildman–Crippen MR) is 34.4 cm³/mol. The van der Waals surface area contributed by atoms with Crippen molar-refractivity contribution < 1.29 is 0 Å². The molecular formula is C6H3N3O. The number of nitrogens with zero attached hydrogens (tertiary/aromatic N) is 2. The molecule has 1 aliphatic rings. The van der Waals surface area contributed by atoms with E-state index in [2.05, 4.69) is 21.1 Å². The normalized spacial score (nSPS) is 12.0. The average Bonchev–Trinajstić information content (AvgIpc) is 2.36. The van der Waals surface area contributed by atoms with Crippen LogP contribution >= 0.6 is 0 Å². The number of rotatable bonds is 0. The predicted octanol–water partition coefficient (Wildman–Crippen LogP) is -1.74. The number of nitrogens with one attached hydrogen (secondary N) is 1. The Morgan fingerprint density at radius 2 is 2.50 bits per heavy atom. The molecular weight excluding hydrogens is 130 g/mol. The maximum absolute atomic E-state index is 10.9. The molecule has 0 spiro atoms. The lowest BCUT2D eigenvalue weighted by molar-refractivity contribution is 1.12. The van der Waals surface area contributed by atoms with Gasteiger partial charge in [0.15, 0.2) is 0 Å². The first-order valence-corrected chi connectivity index (χ1v) is 2.76. The van der Waals surface area contributed by atoms with Gasteiger partial charge in [-0.15, -0.1) is 10.2 Å². The Balaban J connectivity index is 3.23. The van der Waals surface area contributed by atoms with Crippen LogP contribution in [0.4, 0.5) is 0 Å². The molecule has 0 atom stereocenters. The van der Waals surface area contributed by atoms with Crippen molar-refractivity contribution in [3.63, 3.8) is 0 Å². The van der Waals surface area contributed by atoms with Crippen LogP contribution in [-0.2, 0) is 0 Å². The zero-order chi connectivity index (χ0) is 6.97. The molecule has 0 saturated carbocycles. The molecule has 0 saturated heterocycles. The van der Waals surface area contributed by atoms with Crippen LogP contribution in [-0.4, -0.2) is 10.9 Å². The molecule has 0 radical (unpaired) electrons. The van der Waals surface area contributed by atoms with E-state index in [1.54, 1.807) is 6.07 Å². The lowest BCUT2D eigenvalue weighted by Gasteiger charge is -1.77. The third kappa shape index (κ3) is 0.535. The fourth-order valence-electron chi connectivity index (χ4n) is 0.788. The Morgan fingerprint density at radius 3 is 3.30 bits per heavy atom. The molecule has 0 aromatic carbocycles. The molecule has 10 heavy (non-hydrogen) atoms. The zero-order valence-electron chi connectivity index (χ0n) is 4.96. The van der Waals surface area contributed by atoms with E-state index in [9.17, 15) is 4.79 Å². The van der Waals surface area contributed by atoms with Gasteiger partial charge in [-0.05, 0) is 6.07 Å². The van der Waals surface area contributed by atoms with Crippen LogP contribution in [0.15, 0.2) is 27.3 Å². The van der Waals surface area contributed by atoms with Gasteiger partial charge in [0.2, 0.25) is 0 Å². The maximum atomic E-state index is 10.9. The van der Waals surface area contributed by atoms with Crippen LogP contribution in [0.25, 0.3) is 0 Å². The molecule has 4 heteroatoms. The van der Waals surface area contributed by atoms with Crippen LogP contribution in [0.2, 0.25) is 0 Å². The second kappa shape index (κ2) is 1.65. The van der Waals surface area contributed by atoms with Crippen molar-refractivity contribution in [1.29, 1.82) is 0 Å². The summed E-state index contributed by atoms with van der Waals surface area (Å²) in [6, 6.07) is 1.68. The van der Waals surface area contributed by atoms with E-state index >= 15 is 0 Å². The number of pyridine rings is 1. The average molecular weight is 133 g/mol. The van der Waals surface area contributed by atoms with Crippen molar-refractivity contribution in [2.75, 3.05) is 0 Å². The quantitative estimate of drug-likeness (QED) is 0.449. The Hall–Kier alpha value is -1.67. The van der Waals surface area contributed by atoms with Crippen LogP contribution in [0.5, 0.6) is 0 Å². The number of aromatic nitrogens is 1. The summed E-state index contributed by atoms with van der Waals surface area (Å²) in [5, 5.41) is 8.13. The second-order valence-corrected chi connectivity index (χ2v) is 1.88. The van der Waals surface area contributed by atoms with E-state index in [0.717, 1.165) is 0 Å². The second-order valence-electron chi connectivity index (χ2n) is 1.88. The lowest BCUT2D eigenvalue weighted by atomic mass is 10.4. The van der Waals surface area contributed by atoms with E-state index in [0.29, 0.717) is 10.6 Å². The van der Waals surface area contributed by atoms with E-state index in [1.165, 1.54) is 6.20 Å². The third-order valence-corrected chi connectivity index (χ3v) is 1.26. The van der Waals surface area contributed by atoms with Gasteiger partial charge < -0.3 is 4.98 Å². The van der Waals surface area contributed by atoms with Gasteiger partial charge in [0.05, 0.1) is 0 Å². The Labute approximate surface area is 55.2 Å². The van der Waals surface area contributed by atoms with Crippen molar-refractivity contribution in [1.82, 2.24) is 4.98 Å². The van der Waals surface area contributed by atoms with Gasteiger partial charge in [-0.1, -0.05) is 0 Å². The minimum atomic E-state index is -0.192. The molecule has 0 unspecified atom stereocenters. The van der Waals surface area contributed by atoms with Crippen molar-refractivity contribution >= 4 is 5.87 Å². The number of H-pyrrole nitrogens is 1. The number of aromatic amines is 1. The van der Waals surface area contributed by atoms with Crippen LogP contribution in [0, 0.1) is 0 Å². The fourth-order valence-corrected chi connectivity index (χ4v) is 0.788. The van der Waals surface area contributed by atoms with Gasteiger partial charge in [-0.2, -0.15) is 0 Å². The molecule has 1 N–H and O–H groups in total. The monoisotopic (exact) mass is 133 g/mol. The minimum Gasteiger partial charge on any atom is -0.328 e. The Morgan fingerprint density at radius 1 is 1.60 bits per heavy atom. The standard InChI is InChI=1S/C6H3N3O/c10-6-4-3-8-9-5(4)1-2-7-6/h1-2H,(H,7,10). The molecule has 2 rings (SSSR count). The summed E-state index contributed by atoms with van der Waals surface area (Å²) in [5.74, 6) is 2.48. The molecule has 1 aliphatic heterocycles. The summed E-state index contributed by atoms with van der Waals surface area (Å²) in [7, 11) is 0. The van der Waals surface area contributed by atoms with Gasteiger partial charge in [0.25, 0.3) is 5.56 Å². The first-order chi connectivity index (χ1) is 4.88. The topological polar surface area (TPSA) is 57.6 Å². The highest BCUT2D eigenvalue weighted by atomic mass is 16.1. The molecule has 0 fully saturated rings. The molecule has 1 aromatic heterocycles. The van der Waals surface area contributed by atoms with Crippen molar-refractivity contribution in [3.05, 3.63) is 33.2 Å². The van der Waals surface area contributed by atoms with Gasteiger partial charge in [0.1, 0.15) is 10.6 Å². The first-order valence-electron chi connectivity index (χ1n) is 2.76. The largest absolute Gasteiger partial charge is 0.328 e. The first kappa shape index (κ1) is 5.14. The lowest BCUT2D eigenvalue weighted by Crippen LogP contribution is -2.39. The van der Waals surface area contributed by atoms with Crippen LogP contribution < -0.4 is 16.1 Å². The minimum absolute atomic E-state index is 0.192. The fraction of sp³-hybridized carbons (Fsp3) is 0. The van der Waals surface area contributed by atoms with Crippen LogP contribution in [0.1, 0.15) is 0 Å². The Bertz CT molecular complexity index is 465. The van der Waals surface area contributed by atoms with Gasteiger partial charge in [-0.25, -0.2) is 0 Å². The van der Waals surface area contributed by atoms with Gasteiger partial charge >= 0.3 is 0 Å². The van der Waals surface area contributed by atoms with E-state index < -0.39 is 0 Å². The highest BCUT2D eigenvalue weighted by Gasteiger charge is 1.93. The van der Waals surface area contributed by atoms with Crippen molar-refractivity contribution in [3.8, 4) is 0 Å². The molecule has 2 heterocycles. The number of hydrogen-bond donors (Lipinski definition) is 1. The number of hydrogen-bond acceptors (Lipinski definition) is 3. The zero-order valence-corrected chi connectivity index (χ0v) is 4.96. The Kier molecular flexibility index (Phi) is 0.850. The van der Waals surface area contributed by atoms with Crippen LogP contribution in [0.3, 0.4) is 0 Å². The summed E-state index contributed by atoms with van der Waals surface area (Å²) in [4.78, 5) is 13.4. The third-order valence-electron chi connectivity index (χ3n) is 1.26. The SMILES string of the molecule is O=c1[nH]ccc2c1=C=NN=2. The van der Waals surface area contributed by atoms with E-state index in [1.807, 2.05) is 0 Å². The summed E-state index contributed by atoms with van der Waals surface area (Å²) < 4.78 is 0. The van der Waals surface area contributed by atoms with Crippen molar-refractivity contribution in [2.24, 2.45) is 10.2 Å². The van der Waals surface area contributed by atoms with Gasteiger partial charge in [0, 0.05) is 12.1 Å². The number of fused-ring (bicyclic) bond motifs is 1. The van der Waals surface area contributed by atoms with E-state index in [4.69, 9.17) is 0 Å².